The molecule has 0 aliphatic carbocycles. The molecule has 2 aromatic carbocycles. The summed E-state index contributed by atoms with van der Waals surface area (Å²) in [6, 6.07) is 9.41. The van der Waals surface area contributed by atoms with E-state index in [9.17, 15) is 9.90 Å². The van der Waals surface area contributed by atoms with E-state index in [1.54, 1.807) is 24.5 Å². The molecule has 4 aromatic rings. The van der Waals surface area contributed by atoms with Gasteiger partial charge in [-0.05, 0) is 75.3 Å². The minimum absolute atomic E-state index is 0. The number of anilines is 2. The number of ketones is 1. The molecule has 0 atom stereocenters. The van der Waals surface area contributed by atoms with E-state index in [1.807, 2.05) is 29.1 Å². The van der Waals surface area contributed by atoms with Crippen LogP contribution in [0.3, 0.4) is 0 Å². The Bertz CT molecular complexity index is 1410. The Kier molecular flexibility index (Phi) is 9.32. The van der Waals surface area contributed by atoms with Gasteiger partial charge in [-0.3, -0.25) is 14.5 Å². The van der Waals surface area contributed by atoms with E-state index in [1.165, 1.54) is 6.92 Å². The molecule has 5 rings (SSSR count). The SMILES string of the molecule is CC(=O)c1cnc2ccc(-c3cc(Cl)c(O)c(Cl)c3)cc2c1Nc1cnn(C2CCN(C)CC2)c1.Cl.Cl. The molecular formula is C26H27Cl4N5O2. The highest BCUT2D eigenvalue weighted by Gasteiger charge is 2.20. The number of hydrogen-bond acceptors (Lipinski definition) is 6. The number of nitrogens with one attached hydrogen (secondary N) is 1. The minimum Gasteiger partial charge on any atom is -0.505 e. The van der Waals surface area contributed by atoms with Crippen molar-refractivity contribution in [3.8, 4) is 16.9 Å². The predicted octanol–water partition coefficient (Wildman–Crippen LogP) is 7.17. The average molecular weight is 583 g/mol. The molecule has 1 aliphatic heterocycles. The summed E-state index contributed by atoms with van der Waals surface area (Å²) in [5.41, 5.74) is 4.27. The van der Waals surface area contributed by atoms with Crippen LogP contribution < -0.4 is 5.32 Å². The van der Waals surface area contributed by atoms with Crippen molar-refractivity contribution >= 4 is 76.1 Å². The van der Waals surface area contributed by atoms with Crippen LogP contribution in [0.15, 0.2) is 48.9 Å². The normalized spacial score (nSPS) is 14.2. The van der Waals surface area contributed by atoms with E-state index in [4.69, 9.17) is 23.2 Å². The summed E-state index contributed by atoms with van der Waals surface area (Å²) in [5.74, 6) is -0.242. The Hall–Kier alpha value is -2.55. The fourth-order valence-electron chi connectivity index (χ4n) is 4.51. The zero-order chi connectivity index (χ0) is 24.7. The number of piperidine rings is 1. The first-order valence-corrected chi connectivity index (χ1v) is 12.2. The van der Waals surface area contributed by atoms with Crippen molar-refractivity contribution in [2.24, 2.45) is 0 Å². The number of phenols is 1. The third kappa shape index (κ3) is 5.97. The van der Waals surface area contributed by atoms with Gasteiger partial charge in [-0.1, -0.05) is 29.3 Å². The van der Waals surface area contributed by atoms with Crippen LogP contribution in [-0.4, -0.2) is 50.7 Å². The zero-order valence-corrected chi connectivity index (χ0v) is 23.4. The third-order valence-corrected chi connectivity index (χ3v) is 7.11. The lowest BCUT2D eigenvalue weighted by molar-refractivity contribution is 0.101. The van der Waals surface area contributed by atoms with Crippen LogP contribution in [0.4, 0.5) is 11.4 Å². The van der Waals surface area contributed by atoms with Crippen molar-refractivity contribution in [2.45, 2.75) is 25.8 Å². The number of halogens is 4. The Morgan fingerprint density at radius 1 is 1.05 bits per heavy atom. The summed E-state index contributed by atoms with van der Waals surface area (Å²) in [6.07, 6.45) is 7.49. The monoisotopic (exact) mass is 581 g/mol. The van der Waals surface area contributed by atoms with Crippen molar-refractivity contribution in [2.75, 3.05) is 25.5 Å². The summed E-state index contributed by atoms with van der Waals surface area (Å²) in [5, 5.41) is 19.1. The molecule has 11 heteroatoms. The number of benzene rings is 2. The highest BCUT2D eigenvalue weighted by Crippen LogP contribution is 2.38. The van der Waals surface area contributed by atoms with E-state index in [-0.39, 0.29) is 46.4 Å². The van der Waals surface area contributed by atoms with Gasteiger partial charge in [0.1, 0.15) is 0 Å². The Labute approximate surface area is 237 Å². The largest absolute Gasteiger partial charge is 0.505 e. The molecule has 0 bridgehead atoms. The third-order valence-electron chi connectivity index (χ3n) is 6.53. The molecule has 2 N–H and O–H groups in total. The van der Waals surface area contributed by atoms with Gasteiger partial charge in [0.05, 0.1) is 44.7 Å². The van der Waals surface area contributed by atoms with Crippen LogP contribution in [0.1, 0.15) is 36.2 Å². The second-order valence-corrected chi connectivity index (χ2v) is 9.81. The zero-order valence-electron chi connectivity index (χ0n) is 20.2. The number of aromatic hydroxyl groups is 1. The summed E-state index contributed by atoms with van der Waals surface area (Å²) >= 11 is 12.3. The molecule has 1 aliphatic rings. The first kappa shape index (κ1) is 29.0. The second kappa shape index (κ2) is 11.9. The lowest BCUT2D eigenvalue weighted by Crippen LogP contribution is -2.31. The molecule has 0 radical (unpaired) electrons. The number of fused-ring (bicyclic) bond motifs is 1. The number of pyridine rings is 1. The molecule has 196 valence electrons. The standard InChI is InChI=1S/C26H25Cl2N5O2.2ClH/c1-15(34)21-13-29-24-4-3-16(17-10-22(27)26(35)23(28)11-17)9-20(24)25(21)31-18-12-30-33(14-18)19-5-7-32(2)8-6-19;;/h3-4,9-14,19,35H,5-8H2,1-2H3,(H,29,31);2*1H. The van der Waals surface area contributed by atoms with Crippen LogP contribution in [0.5, 0.6) is 5.75 Å². The lowest BCUT2D eigenvalue weighted by atomic mass is 10.00. The molecule has 2 aromatic heterocycles. The number of Topliss-reactive ketones (excluding diaryl/α,β-unsaturated/α-hetero) is 1. The van der Waals surface area contributed by atoms with Gasteiger partial charge in [0.25, 0.3) is 0 Å². The van der Waals surface area contributed by atoms with Gasteiger partial charge in [0, 0.05) is 17.8 Å². The van der Waals surface area contributed by atoms with Gasteiger partial charge in [0.2, 0.25) is 0 Å². The van der Waals surface area contributed by atoms with Crippen LogP contribution in [-0.2, 0) is 0 Å². The number of nitrogens with zero attached hydrogens (tertiary/aromatic N) is 4. The van der Waals surface area contributed by atoms with Crippen LogP contribution in [0.25, 0.3) is 22.0 Å². The van der Waals surface area contributed by atoms with E-state index in [0.717, 1.165) is 53.6 Å². The number of hydrogen-bond donors (Lipinski definition) is 2. The first-order valence-electron chi connectivity index (χ1n) is 11.4. The van der Waals surface area contributed by atoms with Gasteiger partial charge in [-0.15, -0.1) is 24.8 Å². The highest BCUT2D eigenvalue weighted by atomic mass is 35.5. The topological polar surface area (TPSA) is 83.3 Å². The molecular weight excluding hydrogens is 556 g/mol. The van der Waals surface area contributed by atoms with E-state index < -0.39 is 0 Å². The van der Waals surface area contributed by atoms with Crippen LogP contribution in [0, 0.1) is 0 Å². The summed E-state index contributed by atoms with van der Waals surface area (Å²) in [7, 11) is 2.14. The first-order chi connectivity index (χ1) is 16.8. The fraction of sp³-hybridized carbons (Fsp3) is 0.269. The maximum atomic E-state index is 12.5. The van der Waals surface area contributed by atoms with Crippen molar-refractivity contribution in [3.63, 3.8) is 0 Å². The fourth-order valence-corrected chi connectivity index (χ4v) is 5.00. The predicted molar refractivity (Wildman–Crippen MR) is 155 cm³/mol. The molecule has 0 saturated carbocycles. The number of carbonyl (C=O) groups excluding carboxylic acids is 1. The summed E-state index contributed by atoms with van der Waals surface area (Å²) < 4.78 is 2.01. The van der Waals surface area contributed by atoms with Gasteiger partial charge in [-0.2, -0.15) is 5.10 Å². The van der Waals surface area contributed by atoms with E-state index in [2.05, 4.69) is 27.3 Å². The molecule has 0 spiro atoms. The van der Waals surface area contributed by atoms with Crippen LogP contribution >= 0.6 is 48.0 Å². The van der Waals surface area contributed by atoms with Crippen LogP contribution in [0.2, 0.25) is 10.0 Å². The number of phenolic OH excluding ortho intramolecular Hbond substituents is 1. The number of likely N-dealkylation sites (tertiary alicyclic amines) is 1. The number of carbonyl (C=O) groups is 1. The average Bonchev–Trinajstić information content (AvgIpc) is 3.31. The molecule has 3 heterocycles. The molecule has 1 fully saturated rings. The minimum atomic E-state index is -0.151. The Morgan fingerprint density at radius 3 is 2.38 bits per heavy atom. The van der Waals surface area contributed by atoms with Crippen molar-refractivity contribution in [1.29, 1.82) is 0 Å². The summed E-state index contributed by atoms with van der Waals surface area (Å²) in [4.78, 5) is 19.3. The lowest BCUT2D eigenvalue weighted by Gasteiger charge is -2.28. The quantitative estimate of drug-likeness (QED) is 0.243. The van der Waals surface area contributed by atoms with Crippen molar-refractivity contribution in [1.82, 2.24) is 19.7 Å². The van der Waals surface area contributed by atoms with E-state index >= 15 is 0 Å². The Morgan fingerprint density at radius 2 is 1.73 bits per heavy atom. The molecule has 0 unspecified atom stereocenters. The smallest absolute Gasteiger partial charge is 0.163 e. The van der Waals surface area contributed by atoms with Gasteiger partial charge in [0.15, 0.2) is 11.5 Å². The molecule has 7 nitrogen and oxygen atoms in total. The number of aromatic nitrogens is 3. The van der Waals surface area contributed by atoms with E-state index in [0.29, 0.717) is 17.3 Å². The molecule has 37 heavy (non-hydrogen) atoms. The maximum absolute atomic E-state index is 12.5. The van der Waals surface area contributed by atoms with Gasteiger partial charge >= 0.3 is 0 Å². The van der Waals surface area contributed by atoms with Crippen molar-refractivity contribution < 1.29 is 9.90 Å². The molecule has 0 amide bonds. The summed E-state index contributed by atoms with van der Waals surface area (Å²) in [6.45, 7) is 3.62. The number of rotatable bonds is 5. The second-order valence-electron chi connectivity index (χ2n) is 8.99. The Balaban J connectivity index is 0.00000190. The molecule has 1 saturated heterocycles. The van der Waals surface area contributed by atoms with Gasteiger partial charge < -0.3 is 15.3 Å². The van der Waals surface area contributed by atoms with Gasteiger partial charge in [-0.25, -0.2) is 0 Å². The highest BCUT2D eigenvalue weighted by molar-refractivity contribution is 6.37. The maximum Gasteiger partial charge on any atom is 0.163 e. The van der Waals surface area contributed by atoms with Crippen molar-refractivity contribution in [3.05, 3.63) is 64.5 Å².